The minimum absolute atomic E-state index is 0.00314. The number of rotatable bonds is 14. The molecule has 4 rings (SSSR count). The summed E-state index contributed by atoms with van der Waals surface area (Å²) in [7, 11) is 0. The number of hydrogen-bond donors (Lipinski definition) is 2. The van der Waals surface area contributed by atoms with Crippen molar-refractivity contribution >= 4 is 34.6 Å². The largest absolute Gasteiger partial charge is 0.494 e. The molecule has 39 heavy (non-hydrogen) atoms. The fourth-order valence-electron chi connectivity index (χ4n) is 4.12. The Morgan fingerprint density at radius 3 is 2.41 bits per heavy atom. The van der Waals surface area contributed by atoms with E-state index in [1.807, 2.05) is 42.5 Å². The van der Waals surface area contributed by atoms with Crippen molar-refractivity contribution in [3.05, 3.63) is 78.5 Å². The minimum Gasteiger partial charge on any atom is -0.494 e. The lowest BCUT2D eigenvalue weighted by atomic mass is 10.0. The van der Waals surface area contributed by atoms with E-state index in [9.17, 15) is 23.5 Å². The summed E-state index contributed by atoms with van der Waals surface area (Å²) in [4.78, 5) is 23.3. The van der Waals surface area contributed by atoms with Gasteiger partial charge in [-0.25, -0.2) is 4.39 Å². The van der Waals surface area contributed by atoms with Crippen LogP contribution < -0.4 is 9.47 Å². The van der Waals surface area contributed by atoms with Crippen molar-refractivity contribution < 1.29 is 38.1 Å². The van der Waals surface area contributed by atoms with Crippen LogP contribution in [0.25, 0.3) is 22.0 Å². The highest BCUT2D eigenvalue weighted by molar-refractivity contribution is 7.99. The molecular formula is C29H27F2NO6S. The summed E-state index contributed by atoms with van der Waals surface area (Å²) in [6.45, 7) is 0.381. The molecule has 204 valence electrons. The molecule has 1 heterocycles. The maximum Gasteiger partial charge on any atom is 0.323 e. The number of fused-ring (bicyclic) bond motifs is 1. The Balaban J connectivity index is 1.44. The van der Waals surface area contributed by atoms with Crippen molar-refractivity contribution in [3.8, 4) is 22.6 Å². The molecule has 0 aliphatic heterocycles. The molecule has 0 radical (unpaired) electrons. The van der Waals surface area contributed by atoms with Crippen molar-refractivity contribution in [3.63, 3.8) is 0 Å². The van der Waals surface area contributed by atoms with Crippen LogP contribution in [0.1, 0.15) is 19.3 Å². The zero-order valence-electron chi connectivity index (χ0n) is 20.9. The number of carboxylic acid groups (broad SMARTS) is 2. The van der Waals surface area contributed by atoms with E-state index in [1.54, 1.807) is 10.8 Å². The number of thioether (sulfide) groups is 1. The van der Waals surface area contributed by atoms with E-state index in [2.05, 4.69) is 0 Å². The van der Waals surface area contributed by atoms with Crippen LogP contribution >= 0.6 is 11.8 Å². The third kappa shape index (κ3) is 7.29. The van der Waals surface area contributed by atoms with Gasteiger partial charge in [-0.2, -0.15) is 4.39 Å². The number of carbonyl (C=O) groups is 2. The molecule has 1 aromatic heterocycles. The summed E-state index contributed by atoms with van der Waals surface area (Å²) < 4.78 is 39.8. The van der Waals surface area contributed by atoms with Crippen molar-refractivity contribution in [2.24, 2.45) is 0 Å². The number of nitrogens with zero attached hydrogens (tertiary/aromatic N) is 1. The second-order valence-corrected chi connectivity index (χ2v) is 9.83. The third-order valence-corrected chi connectivity index (χ3v) is 6.91. The number of carboxylic acids is 2. The van der Waals surface area contributed by atoms with Crippen LogP contribution in [-0.2, 0) is 16.1 Å². The molecule has 0 atom stereocenters. The van der Waals surface area contributed by atoms with Gasteiger partial charge in [-0.1, -0.05) is 36.4 Å². The summed E-state index contributed by atoms with van der Waals surface area (Å²) in [5.41, 5.74) is 2.42. The van der Waals surface area contributed by atoms with E-state index in [-0.39, 0.29) is 25.3 Å². The first-order valence-corrected chi connectivity index (χ1v) is 13.3. The second kappa shape index (κ2) is 13.1. The lowest BCUT2D eigenvalue weighted by Gasteiger charge is -2.11. The summed E-state index contributed by atoms with van der Waals surface area (Å²) in [6.07, 6.45) is 2.98. The molecule has 0 saturated heterocycles. The fourth-order valence-corrected chi connectivity index (χ4v) is 5.14. The van der Waals surface area contributed by atoms with Gasteiger partial charge < -0.3 is 24.3 Å². The number of halogens is 2. The quantitative estimate of drug-likeness (QED) is 0.136. The molecule has 0 spiro atoms. The van der Waals surface area contributed by atoms with Gasteiger partial charge in [0.05, 0.1) is 25.2 Å². The highest BCUT2D eigenvalue weighted by Gasteiger charge is 2.16. The van der Waals surface area contributed by atoms with Gasteiger partial charge in [0.2, 0.25) is 5.82 Å². The number of benzene rings is 3. The average Bonchev–Trinajstić information content (AvgIpc) is 3.25. The van der Waals surface area contributed by atoms with E-state index >= 15 is 0 Å². The molecule has 0 saturated carbocycles. The van der Waals surface area contributed by atoms with E-state index in [0.717, 1.165) is 33.0 Å². The van der Waals surface area contributed by atoms with Gasteiger partial charge in [0, 0.05) is 27.8 Å². The molecule has 10 heteroatoms. The molecule has 2 N–H and O–H groups in total. The zero-order chi connectivity index (χ0) is 27.8. The first-order chi connectivity index (χ1) is 18.8. The Bertz CT molecular complexity index is 1470. The number of para-hydroxylation sites is 1. The smallest absolute Gasteiger partial charge is 0.323 e. The molecule has 0 unspecified atom stereocenters. The van der Waals surface area contributed by atoms with Crippen LogP contribution in [-0.4, -0.2) is 45.7 Å². The first kappa shape index (κ1) is 28.0. The van der Waals surface area contributed by atoms with E-state index in [4.69, 9.17) is 14.6 Å². The van der Waals surface area contributed by atoms with Gasteiger partial charge in [-0.3, -0.25) is 9.59 Å². The zero-order valence-corrected chi connectivity index (χ0v) is 21.8. The Morgan fingerprint density at radius 2 is 1.64 bits per heavy atom. The second-order valence-electron chi connectivity index (χ2n) is 8.69. The number of aliphatic carboxylic acids is 2. The molecule has 0 bridgehead atoms. The highest BCUT2D eigenvalue weighted by atomic mass is 32.2. The van der Waals surface area contributed by atoms with E-state index < -0.39 is 23.6 Å². The predicted molar refractivity (Wildman–Crippen MR) is 145 cm³/mol. The van der Waals surface area contributed by atoms with Crippen LogP contribution in [0.5, 0.6) is 11.5 Å². The van der Waals surface area contributed by atoms with Crippen LogP contribution in [0.15, 0.2) is 71.8 Å². The maximum atomic E-state index is 13.7. The molecule has 4 aromatic rings. The fraction of sp³-hybridized carbons (Fsp3) is 0.241. The molecule has 0 aliphatic rings. The van der Waals surface area contributed by atoms with Crippen LogP contribution in [0.4, 0.5) is 8.78 Å². The molecule has 3 aromatic carbocycles. The van der Waals surface area contributed by atoms with Gasteiger partial charge in [0.15, 0.2) is 11.6 Å². The van der Waals surface area contributed by atoms with Gasteiger partial charge in [-0.05, 0) is 42.7 Å². The maximum absolute atomic E-state index is 13.7. The Hall–Kier alpha value is -4.05. The predicted octanol–water partition coefficient (Wildman–Crippen LogP) is 6.48. The Morgan fingerprint density at radius 1 is 0.897 bits per heavy atom. The van der Waals surface area contributed by atoms with Gasteiger partial charge in [0.25, 0.3) is 0 Å². The summed E-state index contributed by atoms with van der Waals surface area (Å²) in [5.74, 6) is -2.93. The number of unbranched alkanes of at least 4 members (excludes halogenated alkanes) is 1. The van der Waals surface area contributed by atoms with Crippen LogP contribution in [0, 0.1) is 11.6 Å². The average molecular weight is 556 g/mol. The van der Waals surface area contributed by atoms with Gasteiger partial charge >= 0.3 is 11.9 Å². The van der Waals surface area contributed by atoms with Crippen molar-refractivity contribution in [1.82, 2.24) is 4.57 Å². The SMILES string of the molecule is O=C(O)CCSc1cn(CC(=O)O)c2c(-c3cccc(OCCCCOc4cccc(F)c4F)c3)cccc12. The molecule has 0 amide bonds. The molecule has 0 aliphatic carbocycles. The Labute approximate surface area is 228 Å². The summed E-state index contributed by atoms with van der Waals surface area (Å²) in [6, 6.07) is 17.0. The first-order valence-electron chi connectivity index (χ1n) is 12.3. The van der Waals surface area contributed by atoms with Gasteiger partial charge in [0.1, 0.15) is 12.3 Å². The lowest BCUT2D eigenvalue weighted by molar-refractivity contribution is -0.138. The molecule has 0 fully saturated rings. The minimum atomic E-state index is -0.999. The van der Waals surface area contributed by atoms with Crippen molar-refractivity contribution in [1.29, 1.82) is 0 Å². The third-order valence-electron chi connectivity index (χ3n) is 5.87. The van der Waals surface area contributed by atoms with Gasteiger partial charge in [-0.15, -0.1) is 11.8 Å². The molecule has 7 nitrogen and oxygen atoms in total. The highest BCUT2D eigenvalue weighted by Crippen LogP contribution is 2.37. The van der Waals surface area contributed by atoms with E-state index in [0.29, 0.717) is 31.0 Å². The number of ether oxygens (including phenoxy) is 2. The number of hydrogen-bond acceptors (Lipinski definition) is 5. The van der Waals surface area contributed by atoms with Crippen molar-refractivity contribution in [2.75, 3.05) is 19.0 Å². The Kier molecular flexibility index (Phi) is 9.43. The monoisotopic (exact) mass is 555 g/mol. The van der Waals surface area contributed by atoms with Crippen molar-refractivity contribution in [2.45, 2.75) is 30.7 Å². The standard InChI is InChI=1S/C29H27F2NO6S/c30-23-10-5-11-24(28(23)31)38-14-2-1-13-37-20-7-3-6-19(16-20)21-8-4-9-22-25(39-15-12-26(33)34)17-32(29(21)22)18-27(35)36/h3-11,16-17H,1-2,12-15,18H2,(H,33,34)(H,35,36). The number of aromatic nitrogens is 1. The lowest BCUT2D eigenvalue weighted by Crippen LogP contribution is -2.07. The molecular weight excluding hydrogens is 528 g/mol. The van der Waals surface area contributed by atoms with Crippen LogP contribution in [0.3, 0.4) is 0 Å². The summed E-state index contributed by atoms with van der Waals surface area (Å²) in [5, 5.41) is 19.3. The normalized spacial score (nSPS) is 11.0. The topological polar surface area (TPSA) is 98.0 Å². The van der Waals surface area contributed by atoms with Crippen LogP contribution in [0.2, 0.25) is 0 Å². The van der Waals surface area contributed by atoms with E-state index in [1.165, 1.54) is 23.9 Å². The summed E-state index contributed by atoms with van der Waals surface area (Å²) >= 11 is 1.38.